The zero-order chi connectivity index (χ0) is 21.0. The van der Waals surface area contributed by atoms with Gasteiger partial charge in [-0.3, -0.25) is 9.62 Å². The van der Waals surface area contributed by atoms with Crippen LogP contribution in [0.15, 0.2) is 36.4 Å². The number of benzene rings is 1. The van der Waals surface area contributed by atoms with E-state index < -0.39 is 10.0 Å². The number of sulfonamides is 1. The van der Waals surface area contributed by atoms with Gasteiger partial charge in [0.15, 0.2) is 0 Å². The van der Waals surface area contributed by atoms with E-state index in [1.165, 1.54) is 11.8 Å². The van der Waals surface area contributed by atoms with E-state index >= 15 is 0 Å². The summed E-state index contributed by atoms with van der Waals surface area (Å²) in [4.78, 5) is 2.46. The van der Waals surface area contributed by atoms with Crippen LogP contribution in [0, 0.1) is 23.2 Å². The molecule has 1 heterocycles. The number of nitrogens with one attached hydrogen (secondary N) is 1. The molecule has 0 radical (unpaired) electrons. The second-order valence-corrected chi connectivity index (χ2v) is 11.0. The van der Waals surface area contributed by atoms with Crippen LogP contribution in [0.1, 0.15) is 46.6 Å². The maximum atomic E-state index is 11.5. The monoisotopic (exact) mass is 402 g/mol. The summed E-state index contributed by atoms with van der Waals surface area (Å²) in [6, 6.07) is 7.83. The molecule has 2 rings (SSSR count). The van der Waals surface area contributed by atoms with E-state index in [1.807, 2.05) is 18.2 Å². The lowest BCUT2D eigenvalue weighted by molar-refractivity contribution is 0.121. The van der Waals surface area contributed by atoms with Gasteiger partial charge in [0.1, 0.15) is 0 Å². The Morgan fingerprint density at radius 3 is 2.68 bits per heavy atom. The van der Waals surface area contributed by atoms with Gasteiger partial charge in [-0.15, -0.1) is 0 Å². The van der Waals surface area contributed by atoms with Gasteiger partial charge in [0.2, 0.25) is 10.0 Å². The van der Waals surface area contributed by atoms with Crippen molar-refractivity contribution in [3.63, 3.8) is 0 Å². The smallest absolute Gasteiger partial charge is 0.229 e. The molecule has 5 heteroatoms. The Hall–Kier alpha value is -1.77. The second kappa shape index (κ2) is 8.71. The summed E-state index contributed by atoms with van der Waals surface area (Å²) in [6.07, 6.45) is 6.33. The Bertz CT molecular complexity index is 872. The fourth-order valence-corrected chi connectivity index (χ4v) is 4.14. The number of anilines is 1. The Balaban J connectivity index is 2.03. The maximum absolute atomic E-state index is 11.5. The van der Waals surface area contributed by atoms with Gasteiger partial charge in [-0.1, -0.05) is 43.9 Å². The second-order valence-electron chi connectivity index (χ2n) is 9.20. The zero-order valence-electron chi connectivity index (χ0n) is 18.0. The van der Waals surface area contributed by atoms with Crippen LogP contribution in [-0.2, 0) is 15.4 Å². The third-order valence-electron chi connectivity index (χ3n) is 5.40. The van der Waals surface area contributed by atoms with Gasteiger partial charge in [-0.25, -0.2) is 8.42 Å². The van der Waals surface area contributed by atoms with Gasteiger partial charge in [0.05, 0.1) is 6.26 Å². The minimum Gasteiger partial charge on any atom is -0.299 e. The van der Waals surface area contributed by atoms with Gasteiger partial charge < -0.3 is 0 Å². The average molecular weight is 403 g/mol. The van der Waals surface area contributed by atoms with E-state index in [9.17, 15) is 8.42 Å². The van der Waals surface area contributed by atoms with Crippen LogP contribution in [0.4, 0.5) is 5.69 Å². The minimum absolute atomic E-state index is 0.0292. The Kier molecular flexibility index (Phi) is 7.01. The number of allylic oxidation sites excluding steroid dienone is 1. The Morgan fingerprint density at radius 1 is 1.36 bits per heavy atom. The van der Waals surface area contributed by atoms with Gasteiger partial charge in [-0.05, 0) is 68.8 Å². The first-order chi connectivity index (χ1) is 12.9. The standard InChI is InChI=1S/C23H34N2O2S/c1-19-18-25(15-9-7-8-13-22(2,3)4)16-14-23(19,5)20-11-10-12-21(17-20)24-28(6,26)27/h7,9-12,17,19,24H,14-16,18H2,1-6H3/b9-7+. The molecule has 1 fully saturated rings. The minimum atomic E-state index is -3.27. The normalized spacial score (nSPS) is 24.0. The third kappa shape index (κ3) is 6.68. The summed E-state index contributed by atoms with van der Waals surface area (Å²) >= 11 is 0. The van der Waals surface area contributed by atoms with E-state index in [0.717, 1.165) is 26.1 Å². The number of hydrogen-bond acceptors (Lipinski definition) is 3. The summed E-state index contributed by atoms with van der Waals surface area (Å²) in [5, 5.41) is 0. The number of likely N-dealkylation sites (tertiary alicyclic amines) is 1. The van der Waals surface area contributed by atoms with Gasteiger partial charge in [0, 0.05) is 24.2 Å². The molecule has 1 aliphatic rings. The van der Waals surface area contributed by atoms with E-state index in [4.69, 9.17) is 0 Å². The van der Waals surface area contributed by atoms with Gasteiger partial charge in [0.25, 0.3) is 0 Å². The quantitative estimate of drug-likeness (QED) is 0.749. The number of nitrogens with zero attached hydrogens (tertiary/aromatic N) is 1. The van der Waals surface area contributed by atoms with Crippen LogP contribution in [-0.4, -0.2) is 39.2 Å². The van der Waals surface area contributed by atoms with E-state index in [0.29, 0.717) is 11.6 Å². The van der Waals surface area contributed by atoms with Crippen molar-refractivity contribution in [2.24, 2.45) is 11.3 Å². The van der Waals surface area contributed by atoms with Crippen molar-refractivity contribution in [1.29, 1.82) is 0 Å². The molecule has 4 nitrogen and oxygen atoms in total. The molecule has 0 bridgehead atoms. The molecular formula is C23H34N2O2S. The fourth-order valence-electron chi connectivity index (χ4n) is 3.58. The van der Waals surface area contributed by atoms with Crippen LogP contribution in [0.2, 0.25) is 0 Å². The van der Waals surface area contributed by atoms with Gasteiger partial charge in [-0.2, -0.15) is 0 Å². The van der Waals surface area contributed by atoms with E-state index in [1.54, 1.807) is 6.07 Å². The average Bonchev–Trinajstić information content (AvgIpc) is 2.55. The third-order valence-corrected chi connectivity index (χ3v) is 6.01. The van der Waals surface area contributed by atoms with Crippen LogP contribution >= 0.6 is 0 Å². The lowest BCUT2D eigenvalue weighted by atomic mass is 9.68. The Labute approximate surface area is 171 Å². The molecule has 1 aromatic carbocycles. The molecule has 1 N–H and O–H groups in total. The largest absolute Gasteiger partial charge is 0.299 e. The van der Waals surface area contributed by atoms with Crippen molar-refractivity contribution in [2.45, 2.75) is 46.5 Å². The first-order valence-electron chi connectivity index (χ1n) is 9.87. The highest BCUT2D eigenvalue weighted by Gasteiger charge is 2.37. The van der Waals surface area contributed by atoms with Crippen LogP contribution in [0.5, 0.6) is 0 Å². The van der Waals surface area contributed by atoms with Crippen molar-refractivity contribution < 1.29 is 8.42 Å². The summed E-state index contributed by atoms with van der Waals surface area (Å²) in [6.45, 7) is 13.9. The molecule has 1 aromatic rings. The summed E-state index contributed by atoms with van der Waals surface area (Å²) < 4.78 is 25.7. The van der Waals surface area contributed by atoms with Gasteiger partial charge >= 0.3 is 0 Å². The SMILES string of the molecule is CC1CN(C/C=C/C#CC(C)(C)C)CCC1(C)c1cccc(NS(C)(=O)=O)c1. The predicted molar refractivity (Wildman–Crippen MR) is 119 cm³/mol. The molecule has 1 saturated heterocycles. The molecule has 0 amide bonds. The zero-order valence-corrected chi connectivity index (χ0v) is 18.9. The molecule has 1 aliphatic heterocycles. The fraction of sp³-hybridized carbons (Fsp3) is 0.565. The number of piperidine rings is 1. The lowest BCUT2D eigenvalue weighted by Crippen LogP contribution is -2.47. The number of hydrogen-bond donors (Lipinski definition) is 1. The number of rotatable bonds is 5. The lowest BCUT2D eigenvalue weighted by Gasteiger charge is -2.45. The molecule has 0 spiro atoms. The van der Waals surface area contributed by atoms with Crippen LogP contribution in [0.3, 0.4) is 0 Å². The first kappa shape index (κ1) is 22.5. The molecule has 2 atom stereocenters. The summed E-state index contributed by atoms with van der Waals surface area (Å²) in [7, 11) is -3.27. The van der Waals surface area contributed by atoms with Crippen molar-refractivity contribution in [3.05, 3.63) is 42.0 Å². The van der Waals surface area contributed by atoms with Crippen LogP contribution in [0.25, 0.3) is 0 Å². The molecule has 154 valence electrons. The van der Waals surface area contributed by atoms with Crippen molar-refractivity contribution >= 4 is 15.7 Å². The maximum Gasteiger partial charge on any atom is 0.229 e. The molecule has 0 saturated carbocycles. The predicted octanol–water partition coefficient (Wildman–Crippen LogP) is 4.26. The van der Waals surface area contributed by atoms with Crippen molar-refractivity contribution in [1.82, 2.24) is 4.90 Å². The molecular weight excluding hydrogens is 368 g/mol. The molecule has 0 aromatic heterocycles. The molecule has 0 aliphatic carbocycles. The highest BCUT2D eigenvalue weighted by atomic mass is 32.2. The molecule has 2 unspecified atom stereocenters. The molecule has 28 heavy (non-hydrogen) atoms. The van der Waals surface area contributed by atoms with E-state index in [2.05, 4.69) is 68.2 Å². The van der Waals surface area contributed by atoms with Crippen LogP contribution < -0.4 is 4.72 Å². The van der Waals surface area contributed by atoms with E-state index in [-0.39, 0.29) is 10.8 Å². The highest BCUT2D eigenvalue weighted by Crippen LogP contribution is 2.40. The summed E-state index contributed by atoms with van der Waals surface area (Å²) in [5.41, 5.74) is 1.89. The Morgan fingerprint density at radius 2 is 2.07 bits per heavy atom. The van der Waals surface area contributed by atoms with Crippen molar-refractivity contribution in [2.75, 3.05) is 30.6 Å². The highest BCUT2D eigenvalue weighted by molar-refractivity contribution is 7.92. The topological polar surface area (TPSA) is 49.4 Å². The first-order valence-corrected chi connectivity index (χ1v) is 11.8. The summed E-state index contributed by atoms with van der Waals surface area (Å²) in [5.74, 6) is 6.81. The van der Waals surface area contributed by atoms with Crippen molar-refractivity contribution in [3.8, 4) is 11.8 Å².